The molecule has 0 amide bonds. The third kappa shape index (κ3) is 3.11. The van der Waals surface area contributed by atoms with E-state index in [0.717, 1.165) is 27.9 Å². The zero-order valence-corrected chi connectivity index (χ0v) is 12.1. The first kappa shape index (κ1) is 14.4. The second-order valence-corrected chi connectivity index (χ2v) is 5.19. The Labute approximate surface area is 119 Å². The van der Waals surface area contributed by atoms with Crippen LogP contribution in [0.1, 0.15) is 35.3 Å². The van der Waals surface area contributed by atoms with Gasteiger partial charge in [0.25, 0.3) is 0 Å². The number of para-hydroxylation sites is 1. The number of hydrogen-bond acceptors (Lipinski definition) is 3. The van der Waals surface area contributed by atoms with Gasteiger partial charge in [-0.15, -0.1) is 0 Å². The van der Waals surface area contributed by atoms with E-state index in [1.165, 1.54) is 0 Å². The second kappa shape index (κ2) is 5.97. The lowest BCUT2D eigenvalue weighted by atomic mass is 10.0. The summed E-state index contributed by atoms with van der Waals surface area (Å²) in [4.78, 5) is 0. The molecule has 0 radical (unpaired) electrons. The molecule has 3 N–H and O–H groups in total. The number of rotatable bonds is 4. The van der Waals surface area contributed by atoms with Gasteiger partial charge < -0.3 is 15.5 Å². The van der Waals surface area contributed by atoms with Crippen molar-refractivity contribution in [3.63, 3.8) is 0 Å². The lowest BCUT2D eigenvalue weighted by Crippen LogP contribution is -2.04. The van der Waals surface area contributed by atoms with Crippen LogP contribution >= 0.6 is 0 Å². The highest BCUT2D eigenvalue weighted by Crippen LogP contribution is 2.25. The van der Waals surface area contributed by atoms with Gasteiger partial charge in [0.2, 0.25) is 0 Å². The maximum Gasteiger partial charge on any atom is 0.121 e. The predicted octanol–water partition coefficient (Wildman–Crippen LogP) is 3.67. The molecular formula is C17H21NO2. The molecule has 3 nitrogen and oxygen atoms in total. The van der Waals surface area contributed by atoms with Gasteiger partial charge in [0.1, 0.15) is 5.75 Å². The molecule has 0 aliphatic rings. The van der Waals surface area contributed by atoms with Crippen LogP contribution in [0.15, 0.2) is 36.4 Å². The van der Waals surface area contributed by atoms with Gasteiger partial charge >= 0.3 is 0 Å². The number of phenols is 1. The molecule has 2 aromatic rings. The Morgan fingerprint density at radius 3 is 2.30 bits per heavy atom. The quantitative estimate of drug-likeness (QED) is 0.795. The average Bonchev–Trinajstić information content (AvgIpc) is 2.42. The van der Waals surface area contributed by atoms with E-state index in [2.05, 4.69) is 5.32 Å². The summed E-state index contributed by atoms with van der Waals surface area (Å²) in [6.07, 6.45) is -0.498. The smallest absolute Gasteiger partial charge is 0.121 e. The van der Waals surface area contributed by atoms with Crippen LogP contribution in [0.4, 0.5) is 5.69 Å². The lowest BCUT2D eigenvalue weighted by Gasteiger charge is -2.15. The first-order chi connectivity index (χ1) is 9.49. The van der Waals surface area contributed by atoms with E-state index in [1.54, 1.807) is 6.92 Å². The van der Waals surface area contributed by atoms with Crippen molar-refractivity contribution < 1.29 is 10.2 Å². The van der Waals surface area contributed by atoms with Crippen LogP contribution in [-0.2, 0) is 6.54 Å². The van der Waals surface area contributed by atoms with Gasteiger partial charge in [0, 0.05) is 17.8 Å². The van der Waals surface area contributed by atoms with Crippen molar-refractivity contribution in [2.45, 2.75) is 33.4 Å². The maximum atomic E-state index is 9.78. The van der Waals surface area contributed by atoms with Gasteiger partial charge in [0.05, 0.1) is 6.10 Å². The average molecular weight is 271 g/mol. The third-order valence-corrected chi connectivity index (χ3v) is 3.44. The van der Waals surface area contributed by atoms with Gasteiger partial charge in [-0.25, -0.2) is 0 Å². The predicted molar refractivity (Wildman–Crippen MR) is 82.0 cm³/mol. The number of phenolic OH excluding ortho intramolecular Hbond substituents is 1. The molecule has 106 valence electrons. The number of benzene rings is 2. The van der Waals surface area contributed by atoms with E-state index >= 15 is 0 Å². The van der Waals surface area contributed by atoms with Gasteiger partial charge in [-0.3, -0.25) is 0 Å². The number of aliphatic hydroxyl groups excluding tert-OH is 1. The number of hydrogen-bond donors (Lipinski definition) is 3. The number of aryl methyl sites for hydroxylation is 2. The molecular weight excluding hydrogens is 250 g/mol. The zero-order valence-electron chi connectivity index (χ0n) is 12.1. The van der Waals surface area contributed by atoms with E-state index in [-0.39, 0.29) is 0 Å². The SMILES string of the molecule is Cc1cc(CNc2ccccc2C(C)O)cc(C)c1O. The van der Waals surface area contributed by atoms with Crippen LogP contribution in [-0.4, -0.2) is 10.2 Å². The van der Waals surface area contributed by atoms with Gasteiger partial charge in [-0.05, 0) is 43.5 Å². The molecule has 0 heterocycles. The summed E-state index contributed by atoms with van der Waals surface area (Å²) >= 11 is 0. The largest absolute Gasteiger partial charge is 0.507 e. The summed E-state index contributed by atoms with van der Waals surface area (Å²) in [5.74, 6) is 0.359. The minimum absolute atomic E-state index is 0.359. The van der Waals surface area contributed by atoms with Crippen LogP contribution in [0.25, 0.3) is 0 Å². The molecule has 0 aliphatic heterocycles. The molecule has 1 unspecified atom stereocenters. The maximum absolute atomic E-state index is 9.78. The minimum atomic E-state index is -0.498. The highest BCUT2D eigenvalue weighted by molar-refractivity contribution is 5.53. The van der Waals surface area contributed by atoms with E-state index in [9.17, 15) is 10.2 Å². The summed E-state index contributed by atoms with van der Waals surface area (Å²) in [5, 5.41) is 22.9. The summed E-state index contributed by atoms with van der Waals surface area (Å²) in [6.45, 7) is 6.21. The van der Waals surface area contributed by atoms with Gasteiger partial charge in [0.15, 0.2) is 0 Å². The highest BCUT2D eigenvalue weighted by atomic mass is 16.3. The van der Waals surface area contributed by atoms with E-state index in [1.807, 2.05) is 50.2 Å². The Morgan fingerprint density at radius 1 is 1.10 bits per heavy atom. The molecule has 0 bridgehead atoms. The summed E-state index contributed by atoms with van der Waals surface area (Å²) < 4.78 is 0. The van der Waals surface area contributed by atoms with E-state index in [4.69, 9.17) is 0 Å². The molecule has 1 atom stereocenters. The number of aliphatic hydroxyl groups is 1. The molecule has 0 saturated carbocycles. The Morgan fingerprint density at radius 2 is 1.70 bits per heavy atom. The molecule has 2 aromatic carbocycles. The molecule has 0 aromatic heterocycles. The molecule has 0 spiro atoms. The molecule has 0 saturated heterocycles. The fraction of sp³-hybridized carbons (Fsp3) is 0.294. The molecule has 0 fully saturated rings. The summed E-state index contributed by atoms with van der Waals surface area (Å²) in [6, 6.07) is 11.7. The van der Waals surface area contributed by atoms with Crippen LogP contribution in [0.3, 0.4) is 0 Å². The van der Waals surface area contributed by atoms with Crippen molar-refractivity contribution >= 4 is 5.69 Å². The van der Waals surface area contributed by atoms with Crippen LogP contribution in [0, 0.1) is 13.8 Å². The van der Waals surface area contributed by atoms with Crippen molar-refractivity contribution in [2.24, 2.45) is 0 Å². The minimum Gasteiger partial charge on any atom is -0.507 e. The van der Waals surface area contributed by atoms with Crippen molar-refractivity contribution in [2.75, 3.05) is 5.32 Å². The molecule has 20 heavy (non-hydrogen) atoms. The van der Waals surface area contributed by atoms with Crippen molar-refractivity contribution in [3.05, 3.63) is 58.7 Å². The van der Waals surface area contributed by atoms with E-state index in [0.29, 0.717) is 12.3 Å². The summed E-state index contributed by atoms with van der Waals surface area (Å²) in [7, 11) is 0. The van der Waals surface area contributed by atoms with Crippen LogP contribution in [0.2, 0.25) is 0 Å². The monoisotopic (exact) mass is 271 g/mol. The molecule has 2 rings (SSSR count). The Balaban J connectivity index is 2.17. The number of aromatic hydroxyl groups is 1. The highest BCUT2D eigenvalue weighted by Gasteiger charge is 2.08. The fourth-order valence-electron chi connectivity index (χ4n) is 2.37. The Kier molecular flexibility index (Phi) is 4.30. The lowest BCUT2D eigenvalue weighted by molar-refractivity contribution is 0.200. The van der Waals surface area contributed by atoms with Crippen LogP contribution < -0.4 is 5.32 Å². The Bertz CT molecular complexity index is 583. The topological polar surface area (TPSA) is 52.5 Å². The summed E-state index contributed by atoms with van der Waals surface area (Å²) in [5.41, 5.74) is 4.69. The van der Waals surface area contributed by atoms with Crippen molar-refractivity contribution in [1.29, 1.82) is 0 Å². The first-order valence-corrected chi connectivity index (χ1v) is 6.79. The van der Waals surface area contributed by atoms with Crippen molar-refractivity contribution in [1.82, 2.24) is 0 Å². The second-order valence-electron chi connectivity index (χ2n) is 5.19. The third-order valence-electron chi connectivity index (χ3n) is 3.44. The van der Waals surface area contributed by atoms with Crippen molar-refractivity contribution in [3.8, 4) is 5.75 Å². The first-order valence-electron chi connectivity index (χ1n) is 6.79. The zero-order chi connectivity index (χ0) is 14.7. The van der Waals surface area contributed by atoms with Gasteiger partial charge in [-0.1, -0.05) is 30.3 Å². The molecule has 3 heteroatoms. The van der Waals surface area contributed by atoms with E-state index < -0.39 is 6.10 Å². The Hall–Kier alpha value is -2.00. The van der Waals surface area contributed by atoms with Gasteiger partial charge in [-0.2, -0.15) is 0 Å². The normalized spacial score (nSPS) is 12.2. The number of anilines is 1. The molecule has 0 aliphatic carbocycles. The standard InChI is InChI=1S/C17H21NO2/c1-11-8-14(9-12(2)17(11)20)10-18-16-7-5-4-6-15(16)13(3)19/h4-9,13,18-20H,10H2,1-3H3. The fourth-order valence-corrected chi connectivity index (χ4v) is 2.37. The number of nitrogens with one attached hydrogen (secondary N) is 1. The van der Waals surface area contributed by atoms with Crippen LogP contribution in [0.5, 0.6) is 5.75 Å².